The van der Waals surface area contributed by atoms with Crippen LogP contribution < -0.4 is 5.32 Å². The van der Waals surface area contributed by atoms with E-state index in [-0.39, 0.29) is 5.78 Å². The Balaban J connectivity index is 1.98. The number of nitrogens with zero attached hydrogens (tertiary/aromatic N) is 1. The van der Waals surface area contributed by atoms with Crippen molar-refractivity contribution >= 4 is 22.8 Å². The minimum Gasteiger partial charge on any atom is -0.380 e. The quantitative estimate of drug-likeness (QED) is 0.824. The Kier molecular flexibility index (Phi) is 3.31. The van der Waals surface area contributed by atoms with E-state index in [4.69, 9.17) is 0 Å². The number of Topliss-reactive ketones (excluding diaryl/α,β-unsaturated/α-hetero) is 1. The number of anilines is 1. The van der Waals surface area contributed by atoms with Crippen LogP contribution in [0, 0.1) is 0 Å². The molecule has 0 atom stereocenters. The van der Waals surface area contributed by atoms with Crippen molar-refractivity contribution < 1.29 is 4.79 Å². The molecule has 2 rings (SSSR count). The van der Waals surface area contributed by atoms with E-state index in [1.807, 2.05) is 36.0 Å². The lowest BCUT2D eigenvalue weighted by molar-refractivity contribution is 0.101. The fraction of sp³-hybridized carbons (Fsp3) is 0.167. The molecule has 0 radical (unpaired) electrons. The molecule has 0 saturated heterocycles. The summed E-state index contributed by atoms with van der Waals surface area (Å²) in [5, 5.41) is 3.27. The molecule has 0 spiro atoms. The molecule has 1 aromatic carbocycles. The summed E-state index contributed by atoms with van der Waals surface area (Å²) in [5.41, 5.74) is 3.57. The molecule has 1 N–H and O–H groups in total. The van der Waals surface area contributed by atoms with Gasteiger partial charge in [0, 0.05) is 22.3 Å². The van der Waals surface area contributed by atoms with Gasteiger partial charge in [0.2, 0.25) is 0 Å². The molecule has 2 aromatic rings. The zero-order valence-electron chi connectivity index (χ0n) is 8.93. The SMILES string of the molecule is CC(=O)c1ccc(NCc2cncs2)cc1. The first kappa shape index (κ1) is 10.8. The fourth-order valence-electron chi connectivity index (χ4n) is 1.34. The van der Waals surface area contributed by atoms with Crippen LogP contribution in [0.25, 0.3) is 0 Å². The molecular weight excluding hydrogens is 220 g/mol. The van der Waals surface area contributed by atoms with E-state index in [1.54, 1.807) is 18.3 Å². The van der Waals surface area contributed by atoms with Crippen molar-refractivity contribution in [2.24, 2.45) is 0 Å². The van der Waals surface area contributed by atoms with Crippen LogP contribution in [-0.2, 0) is 6.54 Å². The molecule has 0 aliphatic rings. The van der Waals surface area contributed by atoms with E-state index in [0.717, 1.165) is 17.8 Å². The van der Waals surface area contributed by atoms with Crippen molar-refractivity contribution in [1.29, 1.82) is 0 Å². The maximum atomic E-state index is 11.1. The number of benzene rings is 1. The second-order valence-corrected chi connectivity index (χ2v) is 4.43. The van der Waals surface area contributed by atoms with Crippen LogP contribution >= 0.6 is 11.3 Å². The van der Waals surface area contributed by atoms with Gasteiger partial charge in [-0.1, -0.05) is 0 Å². The molecular formula is C12H12N2OS. The maximum absolute atomic E-state index is 11.1. The summed E-state index contributed by atoms with van der Waals surface area (Å²) >= 11 is 1.62. The predicted molar refractivity (Wildman–Crippen MR) is 65.9 cm³/mol. The molecule has 0 fully saturated rings. The van der Waals surface area contributed by atoms with Crippen molar-refractivity contribution in [3.8, 4) is 0 Å². The molecule has 1 heterocycles. The van der Waals surface area contributed by atoms with Gasteiger partial charge in [-0.2, -0.15) is 0 Å². The van der Waals surface area contributed by atoms with Crippen LogP contribution in [0.1, 0.15) is 22.2 Å². The highest BCUT2D eigenvalue weighted by molar-refractivity contribution is 7.09. The first-order valence-electron chi connectivity index (χ1n) is 4.98. The third-order valence-electron chi connectivity index (χ3n) is 2.24. The number of carbonyl (C=O) groups excluding carboxylic acids is 1. The zero-order chi connectivity index (χ0) is 11.4. The topological polar surface area (TPSA) is 42.0 Å². The van der Waals surface area contributed by atoms with Gasteiger partial charge in [-0.05, 0) is 31.2 Å². The lowest BCUT2D eigenvalue weighted by Crippen LogP contribution is -1.98. The predicted octanol–water partition coefficient (Wildman–Crippen LogP) is 2.96. The standard InChI is InChI=1S/C12H12N2OS/c1-9(15)10-2-4-11(5-3-10)14-7-12-6-13-8-16-12/h2-6,8,14H,7H2,1H3. The van der Waals surface area contributed by atoms with Crippen molar-refractivity contribution in [2.45, 2.75) is 13.5 Å². The Labute approximate surface area is 98.2 Å². The molecule has 82 valence electrons. The number of nitrogens with one attached hydrogen (secondary N) is 1. The van der Waals surface area contributed by atoms with Crippen molar-refractivity contribution in [3.05, 3.63) is 46.4 Å². The lowest BCUT2D eigenvalue weighted by Gasteiger charge is -2.04. The minimum atomic E-state index is 0.0917. The van der Waals surface area contributed by atoms with Crippen LogP contribution in [0.15, 0.2) is 36.0 Å². The molecule has 0 amide bonds. The Morgan fingerprint density at radius 2 is 2.12 bits per heavy atom. The highest BCUT2D eigenvalue weighted by Gasteiger charge is 1.99. The van der Waals surface area contributed by atoms with Crippen molar-refractivity contribution in [2.75, 3.05) is 5.32 Å². The number of hydrogen-bond acceptors (Lipinski definition) is 4. The molecule has 0 unspecified atom stereocenters. The van der Waals surface area contributed by atoms with Gasteiger partial charge in [-0.15, -0.1) is 11.3 Å². The second-order valence-electron chi connectivity index (χ2n) is 3.45. The van der Waals surface area contributed by atoms with Crippen LogP contribution in [0.5, 0.6) is 0 Å². The maximum Gasteiger partial charge on any atom is 0.159 e. The van der Waals surface area contributed by atoms with Gasteiger partial charge in [0.1, 0.15) is 0 Å². The summed E-state index contributed by atoms with van der Waals surface area (Å²) in [6, 6.07) is 7.49. The van der Waals surface area contributed by atoms with Gasteiger partial charge in [0.15, 0.2) is 5.78 Å². The number of hydrogen-bond donors (Lipinski definition) is 1. The van der Waals surface area contributed by atoms with E-state index < -0.39 is 0 Å². The summed E-state index contributed by atoms with van der Waals surface area (Å²) in [7, 11) is 0. The molecule has 0 aliphatic heterocycles. The van der Waals surface area contributed by atoms with E-state index in [9.17, 15) is 4.79 Å². The molecule has 0 bridgehead atoms. The van der Waals surface area contributed by atoms with Crippen LogP contribution in [-0.4, -0.2) is 10.8 Å². The van der Waals surface area contributed by atoms with Gasteiger partial charge < -0.3 is 5.32 Å². The molecule has 0 aliphatic carbocycles. The number of ketones is 1. The van der Waals surface area contributed by atoms with Crippen molar-refractivity contribution in [1.82, 2.24) is 4.98 Å². The monoisotopic (exact) mass is 232 g/mol. The Hall–Kier alpha value is -1.68. The van der Waals surface area contributed by atoms with E-state index >= 15 is 0 Å². The van der Waals surface area contributed by atoms with Crippen LogP contribution in [0.2, 0.25) is 0 Å². The van der Waals surface area contributed by atoms with E-state index in [0.29, 0.717) is 0 Å². The Morgan fingerprint density at radius 3 is 2.69 bits per heavy atom. The smallest absolute Gasteiger partial charge is 0.159 e. The highest BCUT2D eigenvalue weighted by Crippen LogP contribution is 2.13. The van der Waals surface area contributed by atoms with Crippen molar-refractivity contribution in [3.63, 3.8) is 0 Å². The third-order valence-corrected chi connectivity index (χ3v) is 3.02. The van der Waals surface area contributed by atoms with Crippen LogP contribution in [0.3, 0.4) is 0 Å². The number of aromatic nitrogens is 1. The number of rotatable bonds is 4. The molecule has 1 aromatic heterocycles. The largest absolute Gasteiger partial charge is 0.380 e. The summed E-state index contributed by atoms with van der Waals surface area (Å²) in [6.07, 6.45) is 1.85. The average Bonchev–Trinajstić information content (AvgIpc) is 2.80. The average molecular weight is 232 g/mol. The number of carbonyl (C=O) groups is 1. The fourth-order valence-corrected chi connectivity index (χ4v) is 1.88. The molecule has 16 heavy (non-hydrogen) atoms. The second kappa shape index (κ2) is 4.90. The zero-order valence-corrected chi connectivity index (χ0v) is 9.75. The van der Waals surface area contributed by atoms with Gasteiger partial charge in [0.05, 0.1) is 12.1 Å². The molecule has 3 nitrogen and oxygen atoms in total. The van der Waals surface area contributed by atoms with Gasteiger partial charge in [0.25, 0.3) is 0 Å². The third kappa shape index (κ3) is 2.67. The lowest BCUT2D eigenvalue weighted by atomic mass is 10.1. The van der Waals surface area contributed by atoms with Gasteiger partial charge >= 0.3 is 0 Å². The highest BCUT2D eigenvalue weighted by atomic mass is 32.1. The van der Waals surface area contributed by atoms with E-state index in [1.165, 1.54) is 4.88 Å². The first-order valence-corrected chi connectivity index (χ1v) is 5.86. The summed E-state index contributed by atoms with van der Waals surface area (Å²) in [5.74, 6) is 0.0917. The van der Waals surface area contributed by atoms with Gasteiger partial charge in [-0.3, -0.25) is 9.78 Å². The van der Waals surface area contributed by atoms with Crippen LogP contribution in [0.4, 0.5) is 5.69 Å². The summed E-state index contributed by atoms with van der Waals surface area (Å²) in [4.78, 5) is 16.3. The summed E-state index contributed by atoms with van der Waals surface area (Å²) < 4.78 is 0. The molecule has 0 saturated carbocycles. The minimum absolute atomic E-state index is 0.0917. The van der Waals surface area contributed by atoms with E-state index in [2.05, 4.69) is 10.3 Å². The Morgan fingerprint density at radius 1 is 1.38 bits per heavy atom. The summed E-state index contributed by atoms with van der Waals surface area (Å²) in [6.45, 7) is 2.34. The Bertz CT molecular complexity index is 462. The number of thiazole rings is 1. The first-order chi connectivity index (χ1) is 7.75. The molecule has 4 heteroatoms. The van der Waals surface area contributed by atoms with Gasteiger partial charge in [-0.25, -0.2) is 0 Å². The normalized spacial score (nSPS) is 10.1.